The van der Waals surface area contributed by atoms with Crippen LogP contribution in [0.4, 0.5) is 15.4 Å². The smallest absolute Gasteiger partial charge is 0.428 e. The maximum atomic E-state index is 13.7. The van der Waals surface area contributed by atoms with Gasteiger partial charge in [-0.25, -0.2) is 19.6 Å². The number of anilines is 1. The van der Waals surface area contributed by atoms with Crippen molar-refractivity contribution in [2.45, 2.75) is 97.6 Å². The quantitative estimate of drug-likeness (QED) is 0.126. The van der Waals surface area contributed by atoms with Gasteiger partial charge in [-0.1, -0.05) is 75.1 Å². The molecule has 0 atom stereocenters. The molecule has 4 aromatic rings. The van der Waals surface area contributed by atoms with Crippen LogP contribution in [0.1, 0.15) is 90.4 Å². The van der Waals surface area contributed by atoms with Crippen LogP contribution < -0.4 is 9.64 Å². The lowest BCUT2D eigenvalue weighted by molar-refractivity contribution is 0.0207. The number of hydrogen-bond acceptors (Lipinski definition) is 6. The molecule has 1 saturated carbocycles. The molecule has 0 N–H and O–H groups in total. The first-order valence-electron chi connectivity index (χ1n) is 17.7. The van der Waals surface area contributed by atoms with Gasteiger partial charge >= 0.3 is 12.2 Å². The second-order valence-corrected chi connectivity index (χ2v) is 14.2. The molecule has 48 heavy (non-hydrogen) atoms. The molecule has 9 nitrogen and oxygen atoms in total. The Kier molecular flexibility index (Phi) is 10.3. The Morgan fingerprint density at radius 3 is 2.44 bits per heavy atom. The molecule has 1 aliphatic carbocycles. The van der Waals surface area contributed by atoms with E-state index in [0.717, 1.165) is 72.5 Å². The SMILES string of the molecule is CCCCc1nc2ccc(N3CCCN(CC4CCCCC4)C3=O)nc2n1Cc1ccc(-c2ccccc2OC(=O)OC(C)(C)C)cc1. The molecule has 2 amide bonds. The van der Waals surface area contributed by atoms with Crippen molar-refractivity contribution in [1.82, 2.24) is 19.4 Å². The lowest BCUT2D eigenvalue weighted by atomic mass is 9.89. The monoisotopic (exact) mass is 651 g/mol. The number of imidazole rings is 1. The minimum absolute atomic E-state index is 0.0717. The van der Waals surface area contributed by atoms with Crippen molar-refractivity contribution in [2.75, 3.05) is 24.5 Å². The Morgan fingerprint density at radius 1 is 0.917 bits per heavy atom. The number of urea groups is 1. The van der Waals surface area contributed by atoms with Gasteiger partial charge in [0.05, 0.1) is 6.54 Å². The van der Waals surface area contributed by atoms with Crippen molar-refractivity contribution in [2.24, 2.45) is 5.92 Å². The van der Waals surface area contributed by atoms with Crippen molar-refractivity contribution in [3.63, 3.8) is 0 Å². The number of rotatable bonds is 10. The van der Waals surface area contributed by atoms with Gasteiger partial charge < -0.3 is 18.9 Å². The molecule has 254 valence electrons. The van der Waals surface area contributed by atoms with E-state index >= 15 is 0 Å². The number of ether oxygens (including phenoxy) is 2. The van der Waals surface area contributed by atoms with Gasteiger partial charge in [0.25, 0.3) is 0 Å². The summed E-state index contributed by atoms with van der Waals surface area (Å²) in [4.78, 5) is 40.1. The van der Waals surface area contributed by atoms with E-state index in [2.05, 4.69) is 23.6 Å². The third-order valence-corrected chi connectivity index (χ3v) is 9.28. The van der Waals surface area contributed by atoms with Crippen molar-refractivity contribution in [3.05, 3.63) is 72.1 Å². The van der Waals surface area contributed by atoms with Gasteiger partial charge in [-0.2, -0.15) is 0 Å². The van der Waals surface area contributed by atoms with Gasteiger partial charge in [0.15, 0.2) is 5.65 Å². The number of pyridine rings is 1. The highest BCUT2D eigenvalue weighted by Crippen LogP contribution is 2.32. The highest BCUT2D eigenvalue weighted by molar-refractivity contribution is 5.92. The maximum Gasteiger partial charge on any atom is 0.514 e. The van der Waals surface area contributed by atoms with E-state index in [4.69, 9.17) is 19.4 Å². The van der Waals surface area contributed by atoms with E-state index in [0.29, 0.717) is 30.6 Å². The van der Waals surface area contributed by atoms with E-state index in [1.165, 1.54) is 32.1 Å². The number of para-hydroxylation sites is 1. The Labute approximate surface area is 284 Å². The summed E-state index contributed by atoms with van der Waals surface area (Å²) in [6.45, 7) is 10.6. The molecule has 0 unspecified atom stereocenters. The van der Waals surface area contributed by atoms with Crippen molar-refractivity contribution < 1.29 is 19.1 Å². The summed E-state index contributed by atoms with van der Waals surface area (Å²) < 4.78 is 13.2. The number of hydrogen-bond donors (Lipinski definition) is 0. The average molecular weight is 652 g/mol. The van der Waals surface area contributed by atoms with Crippen LogP contribution in [-0.4, -0.2) is 56.9 Å². The number of fused-ring (bicyclic) bond motifs is 1. The Morgan fingerprint density at radius 2 is 1.69 bits per heavy atom. The summed E-state index contributed by atoms with van der Waals surface area (Å²) in [7, 11) is 0. The first-order valence-corrected chi connectivity index (χ1v) is 17.7. The third kappa shape index (κ3) is 8.00. The van der Waals surface area contributed by atoms with Crippen LogP contribution in [0.25, 0.3) is 22.3 Å². The Hall–Kier alpha value is -4.40. The van der Waals surface area contributed by atoms with Crippen molar-refractivity contribution in [1.29, 1.82) is 0 Å². The summed E-state index contributed by atoms with van der Waals surface area (Å²) in [5.74, 6) is 2.75. The largest absolute Gasteiger partial charge is 0.514 e. The molecule has 2 aromatic heterocycles. The number of aryl methyl sites for hydroxylation is 1. The van der Waals surface area contributed by atoms with Crippen molar-refractivity contribution >= 4 is 29.2 Å². The topological polar surface area (TPSA) is 89.8 Å². The minimum Gasteiger partial charge on any atom is -0.428 e. The van der Waals surface area contributed by atoms with Gasteiger partial charge in [0.1, 0.15) is 28.5 Å². The second kappa shape index (κ2) is 14.8. The van der Waals surface area contributed by atoms with Crippen LogP contribution in [0, 0.1) is 5.92 Å². The average Bonchev–Trinajstić information content (AvgIpc) is 3.41. The van der Waals surface area contributed by atoms with Crippen LogP contribution in [0.5, 0.6) is 5.75 Å². The minimum atomic E-state index is -0.729. The lowest BCUT2D eigenvalue weighted by Crippen LogP contribution is -2.51. The van der Waals surface area contributed by atoms with Gasteiger partial charge in [-0.15, -0.1) is 0 Å². The van der Waals surface area contributed by atoms with E-state index in [1.807, 2.05) is 73.0 Å². The number of carbonyl (C=O) groups is 2. The zero-order valence-corrected chi connectivity index (χ0v) is 28.9. The van der Waals surface area contributed by atoms with Gasteiger partial charge in [0.2, 0.25) is 0 Å². The molecule has 0 spiro atoms. The van der Waals surface area contributed by atoms with Gasteiger partial charge in [0, 0.05) is 31.6 Å². The molecule has 0 radical (unpaired) electrons. The van der Waals surface area contributed by atoms with E-state index in [9.17, 15) is 9.59 Å². The van der Waals surface area contributed by atoms with Crippen LogP contribution in [0.2, 0.25) is 0 Å². The molecule has 2 aromatic carbocycles. The summed E-state index contributed by atoms with van der Waals surface area (Å²) in [6.07, 6.45) is 9.48. The number of nitrogens with zero attached hydrogens (tertiary/aromatic N) is 5. The van der Waals surface area contributed by atoms with Crippen LogP contribution in [0.3, 0.4) is 0 Å². The predicted molar refractivity (Wildman–Crippen MR) is 189 cm³/mol. The fourth-order valence-electron chi connectivity index (χ4n) is 6.85. The molecule has 1 aliphatic heterocycles. The van der Waals surface area contributed by atoms with Crippen LogP contribution >= 0.6 is 0 Å². The second-order valence-electron chi connectivity index (χ2n) is 14.2. The van der Waals surface area contributed by atoms with Gasteiger partial charge in [-0.05, 0) is 81.7 Å². The normalized spacial score (nSPS) is 16.0. The zero-order chi connectivity index (χ0) is 33.7. The summed E-state index contributed by atoms with van der Waals surface area (Å²) in [5.41, 5.74) is 3.84. The molecule has 1 saturated heterocycles. The predicted octanol–water partition coefficient (Wildman–Crippen LogP) is 9.02. The molecule has 2 fully saturated rings. The highest BCUT2D eigenvalue weighted by atomic mass is 16.7. The summed E-state index contributed by atoms with van der Waals surface area (Å²) in [5, 5.41) is 0. The summed E-state index contributed by atoms with van der Waals surface area (Å²) >= 11 is 0. The molecule has 3 heterocycles. The molecule has 0 bridgehead atoms. The molecular formula is C39H49N5O4. The Balaban J connectivity index is 1.24. The van der Waals surface area contributed by atoms with Crippen molar-refractivity contribution in [3.8, 4) is 16.9 Å². The summed E-state index contributed by atoms with van der Waals surface area (Å²) in [6, 6.07) is 19.8. The molecule has 2 aliphatic rings. The zero-order valence-electron chi connectivity index (χ0n) is 28.9. The molecular weight excluding hydrogens is 602 g/mol. The Bertz CT molecular complexity index is 1720. The van der Waals surface area contributed by atoms with E-state index < -0.39 is 11.8 Å². The number of aromatic nitrogens is 3. The maximum absolute atomic E-state index is 13.7. The van der Waals surface area contributed by atoms with E-state index in [1.54, 1.807) is 6.07 Å². The van der Waals surface area contributed by atoms with Crippen LogP contribution in [0.15, 0.2) is 60.7 Å². The molecule has 6 rings (SSSR count). The first kappa shape index (κ1) is 33.5. The first-order chi connectivity index (χ1) is 23.2. The number of unbranched alkanes of at least 4 members (excludes halogenated alkanes) is 1. The highest BCUT2D eigenvalue weighted by Gasteiger charge is 2.30. The lowest BCUT2D eigenvalue weighted by Gasteiger charge is -2.37. The van der Waals surface area contributed by atoms with Gasteiger partial charge in [-0.3, -0.25) is 4.90 Å². The molecule has 9 heteroatoms. The fraction of sp³-hybridized carbons (Fsp3) is 0.487. The standard InChI is InChI=1S/C39H49N5O4/c1-5-6-17-34-40-32-22-23-35(43-25-12-24-42(37(43)45)26-28-13-8-7-9-14-28)41-36(32)44(34)27-29-18-20-30(21-19-29)31-15-10-11-16-33(31)47-38(46)48-39(2,3)4/h10-11,15-16,18-23,28H,5-9,12-14,17,24-27H2,1-4H3. The number of carbonyl (C=O) groups excluding carboxylic acids is 2. The third-order valence-electron chi connectivity index (χ3n) is 9.28. The van der Waals surface area contributed by atoms with Crippen LogP contribution in [-0.2, 0) is 17.7 Å². The number of amides is 2. The number of benzene rings is 2. The van der Waals surface area contributed by atoms with E-state index in [-0.39, 0.29) is 6.03 Å². The fourth-order valence-corrected chi connectivity index (χ4v) is 6.85.